The molecule has 0 bridgehead atoms. The number of aryl methyl sites for hydroxylation is 1. The minimum atomic E-state index is -0.0964. The number of carbonyl (C=O) groups excluding carboxylic acids is 2. The Labute approximate surface area is 152 Å². The summed E-state index contributed by atoms with van der Waals surface area (Å²) in [6.07, 6.45) is 4.51. The van der Waals surface area contributed by atoms with Crippen LogP contribution in [0.3, 0.4) is 0 Å². The summed E-state index contributed by atoms with van der Waals surface area (Å²) in [5.74, 6) is 0.0843. The van der Waals surface area contributed by atoms with Gasteiger partial charge in [-0.05, 0) is 56.9 Å². The van der Waals surface area contributed by atoms with Crippen molar-refractivity contribution < 1.29 is 14.3 Å². The minimum Gasteiger partial charge on any atom is -0.376 e. The van der Waals surface area contributed by atoms with E-state index in [1.54, 1.807) is 12.1 Å². The average Bonchev–Trinajstić information content (AvgIpc) is 3.28. The Bertz CT molecular complexity index is 833. The number of nitrogens with one attached hydrogen (secondary N) is 1. The maximum absolute atomic E-state index is 12.3. The number of nitrogens with zero attached hydrogens (tertiary/aromatic N) is 2. The highest BCUT2D eigenvalue weighted by Crippen LogP contribution is 2.26. The number of benzene rings is 1. The van der Waals surface area contributed by atoms with Crippen LogP contribution in [0.15, 0.2) is 24.3 Å². The van der Waals surface area contributed by atoms with Crippen LogP contribution >= 0.6 is 0 Å². The molecule has 136 valence electrons. The number of amides is 1. The quantitative estimate of drug-likeness (QED) is 0.917. The Morgan fingerprint density at radius 2 is 2.08 bits per heavy atom. The molecule has 6 heteroatoms. The van der Waals surface area contributed by atoms with Gasteiger partial charge in [0.2, 0.25) is 0 Å². The highest BCUT2D eigenvalue weighted by atomic mass is 16.5. The Balaban J connectivity index is 1.50. The van der Waals surface area contributed by atoms with Gasteiger partial charge in [-0.15, -0.1) is 0 Å². The molecule has 2 heterocycles. The molecule has 0 spiro atoms. The molecule has 1 unspecified atom stereocenters. The first kappa shape index (κ1) is 17.0. The van der Waals surface area contributed by atoms with Crippen molar-refractivity contribution in [3.63, 3.8) is 0 Å². The lowest BCUT2D eigenvalue weighted by Crippen LogP contribution is -2.31. The van der Waals surface area contributed by atoms with Gasteiger partial charge in [-0.3, -0.25) is 9.59 Å². The number of carbonyl (C=O) groups is 2. The predicted octanol–water partition coefficient (Wildman–Crippen LogP) is 2.61. The first-order chi connectivity index (χ1) is 12.6. The summed E-state index contributed by atoms with van der Waals surface area (Å²) in [7, 11) is 0. The van der Waals surface area contributed by atoms with Gasteiger partial charge < -0.3 is 10.1 Å². The lowest BCUT2D eigenvalue weighted by Gasteiger charge is -2.14. The van der Waals surface area contributed by atoms with E-state index in [1.807, 2.05) is 23.7 Å². The van der Waals surface area contributed by atoms with Crippen LogP contribution in [0, 0.1) is 6.92 Å². The van der Waals surface area contributed by atoms with E-state index in [9.17, 15) is 9.59 Å². The van der Waals surface area contributed by atoms with Crippen LogP contribution in [-0.4, -0.2) is 40.7 Å². The average molecular weight is 353 g/mol. The summed E-state index contributed by atoms with van der Waals surface area (Å²) >= 11 is 0. The third kappa shape index (κ3) is 3.17. The van der Waals surface area contributed by atoms with Crippen molar-refractivity contribution in [3.8, 4) is 5.69 Å². The summed E-state index contributed by atoms with van der Waals surface area (Å²) in [5, 5.41) is 7.48. The van der Waals surface area contributed by atoms with Crippen molar-refractivity contribution in [2.45, 2.75) is 45.1 Å². The maximum atomic E-state index is 12.3. The largest absolute Gasteiger partial charge is 0.376 e. The van der Waals surface area contributed by atoms with Gasteiger partial charge in [0, 0.05) is 25.1 Å². The summed E-state index contributed by atoms with van der Waals surface area (Å²) in [6.45, 7) is 3.21. The topological polar surface area (TPSA) is 73.2 Å². The van der Waals surface area contributed by atoms with Crippen molar-refractivity contribution in [2.75, 3.05) is 13.2 Å². The zero-order valence-corrected chi connectivity index (χ0v) is 15.0. The predicted molar refractivity (Wildman–Crippen MR) is 96.9 cm³/mol. The van der Waals surface area contributed by atoms with Crippen LogP contribution in [0.25, 0.3) is 5.69 Å². The molecule has 1 atom stereocenters. The van der Waals surface area contributed by atoms with Crippen LogP contribution < -0.4 is 5.32 Å². The van der Waals surface area contributed by atoms with Crippen LogP contribution in [-0.2, 0) is 11.2 Å². The van der Waals surface area contributed by atoms with Crippen LogP contribution in [0.1, 0.15) is 57.8 Å². The van der Waals surface area contributed by atoms with E-state index in [2.05, 4.69) is 10.4 Å². The van der Waals surface area contributed by atoms with E-state index in [1.165, 1.54) is 0 Å². The molecule has 1 aromatic heterocycles. The van der Waals surface area contributed by atoms with Crippen LogP contribution in [0.4, 0.5) is 0 Å². The summed E-state index contributed by atoms with van der Waals surface area (Å²) < 4.78 is 7.37. The second kappa shape index (κ2) is 7.03. The number of rotatable bonds is 4. The lowest BCUT2D eigenvalue weighted by atomic mass is 9.94. The summed E-state index contributed by atoms with van der Waals surface area (Å²) in [5.41, 5.74) is 4.02. The minimum absolute atomic E-state index is 0.0964. The Morgan fingerprint density at radius 1 is 1.27 bits per heavy atom. The number of ketones is 1. The first-order valence-electron chi connectivity index (χ1n) is 9.25. The van der Waals surface area contributed by atoms with E-state index >= 15 is 0 Å². The molecule has 6 nitrogen and oxygen atoms in total. The molecular weight excluding hydrogens is 330 g/mol. The second-order valence-corrected chi connectivity index (χ2v) is 6.99. The SMILES string of the molecule is Cc1nn(-c2ccc(C(=O)NCC3CCCO3)cc2)c2c1C(=O)CCC2. The third-order valence-corrected chi connectivity index (χ3v) is 5.14. The van der Waals surface area contributed by atoms with Crippen LogP contribution in [0.5, 0.6) is 0 Å². The van der Waals surface area contributed by atoms with Crippen LogP contribution in [0.2, 0.25) is 0 Å². The van der Waals surface area contributed by atoms with E-state index in [0.717, 1.165) is 54.9 Å². The van der Waals surface area contributed by atoms with Crippen molar-refractivity contribution in [1.29, 1.82) is 0 Å². The van der Waals surface area contributed by atoms with Gasteiger partial charge in [0.1, 0.15) is 0 Å². The van der Waals surface area contributed by atoms with Gasteiger partial charge >= 0.3 is 0 Å². The number of fused-ring (bicyclic) bond motifs is 1. The van der Waals surface area contributed by atoms with Gasteiger partial charge in [-0.1, -0.05) is 0 Å². The smallest absolute Gasteiger partial charge is 0.251 e. The molecule has 1 aliphatic carbocycles. The van der Waals surface area contributed by atoms with Gasteiger partial charge in [0.15, 0.2) is 5.78 Å². The molecule has 1 aliphatic heterocycles. The normalized spacial score (nSPS) is 19.4. The number of hydrogen-bond donors (Lipinski definition) is 1. The zero-order chi connectivity index (χ0) is 18.1. The fourth-order valence-electron chi connectivity index (χ4n) is 3.79. The molecule has 0 radical (unpaired) electrons. The molecule has 4 rings (SSSR count). The Morgan fingerprint density at radius 3 is 2.81 bits per heavy atom. The zero-order valence-electron chi connectivity index (χ0n) is 15.0. The molecule has 1 N–H and O–H groups in total. The standard InChI is InChI=1S/C20H23N3O3/c1-13-19-17(5-2-6-18(19)24)23(22-13)15-9-7-14(8-10-15)20(25)21-12-16-4-3-11-26-16/h7-10,16H,2-6,11-12H2,1H3,(H,21,25). The lowest BCUT2D eigenvalue weighted by molar-refractivity contribution is 0.0857. The van der Waals surface area contributed by atoms with Gasteiger partial charge in [-0.25, -0.2) is 4.68 Å². The highest BCUT2D eigenvalue weighted by Gasteiger charge is 2.25. The molecule has 1 saturated heterocycles. The highest BCUT2D eigenvalue weighted by molar-refractivity contribution is 5.99. The number of Topliss-reactive ketones (excluding diaryl/α,β-unsaturated/α-hetero) is 1. The number of hydrogen-bond acceptors (Lipinski definition) is 4. The van der Waals surface area contributed by atoms with Crippen molar-refractivity contribution in [1.82, 2.24) is 15.1 Å². The number of aromatic nitrogens is 2. The summed E-state index contributed by atoms with van der Waals surface area (Å²) in [6, 6.07) is 7.36. The molecule has 0 saturated carbocycles. The molecule has 2 aromatic rings. The van der Waals surface area contributed by atoms with Crippen molar-refractivity contribution in [3.05, 3.63) is 46.8 Å². The fourth-order valence-corrected chi connectivity index (χ4v) is 3.79. The molecule has 1 aromatic carbocycles. The molecule has 26 heavy (non-hydrogen) atoms. The monoisotopic (exact) mass is 353 g/mol. The molecule has 1 amide bonds. The van der Waals surface area contributed by atoms with Crippen molar-refractivity contribution >= 4 is 11.7 Å². The van der Waals surface area contributed by atoms with Crippen molar-refractivity contribution in [2.24, 2.45) is 0 Å². The number of ether oxygens (including phenoxy) is 1. The van der Waals surface area contributed by atoms with Gasteiger partial charge in [-0.2, -0.15) is 5.10 Å². The fraction of sp³-hybridized carbons (Fsp3) is 0.450. The van der Waals surface area contributed by atoms with Gasteiger partial charge in [0.05, 0.1) is 28.7 Å². The van der Waals surface area contributed by atoms with Gasteiger partial charge in [0.25, 0.3) is 5.91 Å². The Kier molecular flexibility index (Phi) is 4.59. The molecule has 1 fully saturated rings. The molecular formula is C20H23N3O3. The van der Waals surface area contributed by atoms with E-state index in [-0.39, 0.29) is 17.8 Å². The maximum Gasteiger partial charge on any atom is 0.251 e. The van der Waals surface area contributed by atoms with E-state index in [4.69, 9.17) is 4.74 Å². The first-order valence-corrected chi connectivity index (χ1v) is 9.25. The third-order valence-electron chi connectivity index (χ3n) is 5.14. The Hall–Kier alpha value is -2.47. The molecule has 2 aliphatic rings. The second-order valence-electron chi connectivity index (χ2n) is 6.99. The van der Waals surface area contributed by atoms with E-state index < -0.39 is 0 Å². The summed E-state index contributed by atoms with van der Waals surface area (Å²) in [4.78, 5) is 24.5. The van der Waals surface area contributed by atoms with E-state index in [0.29, 0.717) is 18.5 Å².